The molecular formula is C19H19BrN4O5. The third-order valence-electron chi connectivity index (χ3n) is 4.22. The molecule has 2 heterocycles. The number of anilines is 2. The van der Waals surface area contributed by atoms with Gasteiger partial charge in [-0.3, -0.25) is 24.0 Å². The van der Waals surface area contributed by atoms with Crippen molar-refractivity contribution in [1.82, 2.24) is 9.55 Å². The number of aromatic nitrogens is 2. The van der Waals surface area contributed by atoms with Crippen LogP contribution in [0.3, 0.4) is 0 Å². The molecule has 0 fully saturated rings. The van der Waals surface area contributed by atoms with E-state index in [1.165, 1.54) is 17.7 Å². The second kappa shape index (κ2) is 8.93. The van der Waals surface area contributed by atoms with Gasteiger partial charge in [0.1, 0.15) is 5.82 Å². The summed E-state index contributed by atoms with van der Waals surface area (Å²) < 4.78 is 11.9. The second-order valence-corrected chi connectivity index (χ2v) is 6.90. The molecule has 3 aromatic rings. The van der Waals surface area contributed by atoms with Crippen LogP contribution in [0.1, 0.15) is 16.1 Å². The maximum atomic E-state index is 13.0. The van der Waals surface area contributed by atoms with Gasteiger partial charge < -0.3 is 14.9 Å². The molecule has 29 heavy (non-hydrogen) atoms. The first kappa shape index (κ1) is 20.6. The van der Waals surface area contributed by atoms with Crippen LogP contribution in [0.25, 0.3) is 0 Å². The Bertz CT molecular complexity index is 1120. The van der Waals surface area contributed by atoms with Gasteiger partial charge in [0, 0.05) is 7.11 Å². The number of ether oxygens (including phenoxy) is 1. The molecule has 0 bridgehead atoms. The molecule has 0 unspecified atom stereocenters. The van der Waals surface area contributed by atoms with Crippen molar-refractivity contribution in [2.75, 3.05) is 30.9 Å². The number of rotatable bonds is 7. The van der Waals surface area contributed by atoms with Crippen molar-refractivity contribution in [3.05, 3.63) is 79.3 Å². The van der Waals surface area contributed by atoms with Crippen LogP contribution in [0.4, 0.5) is 11.5 Å². The molecule has 0 atom stereocenters. The number of nitrogens with two attached hydrogens (primary N) is 1. The molecule has 2 aromatic heterocycles. The van der Waals surface area contributed by atoms with E-state index < -0.39 is 17.2 Å². The SMILES string of the molecule is COCCN(C(=O)c1ccc(Br)o1)c1c(N)n(Cc2ccccc2)c(=O)[nH]c1=O. The zero-order valence-electron chi connectivity index (χ0n) is 15.6. The van der Waals surface area contributed by atoms with Crippen molar-refractivity contribution in [2.24, 2.45) is 0 Å². The van der Waals surface area contributed by atoms with E-state index in [9.17, 15) is 14.4 Å². The van der Waals surface area contributed by atoms with Crippen LogP contribution in [0.15, 0.2) is 61.1 Å². The minimum absolute atomic E-state index is 0.00703. The fourth-order valence-corrected chi connectivity index (χ4v) is 3.13. The number of amides is 1. The van der Waals surface area contributed by atoms with Crippen LogP contribution in [-0.4, -0.2) is 35.7 Å². The number of furan rings is 1. The number of benzene rings is 1. The van der Waals surface area contributed by atoms with Crippen molar-refractivity contribution in [1.29, 1.82) is 0 Å². The Morgan fingerprint density at radius 3 is 2.59 bits per heavy atom. The summed E-state index contributed by atoms with van der Waals surface area (Å²) in [5.41, 5.74) is 5.42. The number of nitrogens with one attached hydrogen (secondary N) is 1. The van der Waals surface area contributed by atoms with E-state index >= 15 is 0 Å². The first-order valence-corrected chi connectivity index (χ1v) is 9.44. The van der Waals surface area contributed by atoms with E-state index in [0.717, 1.165) is 10.5 Å². The fraction of sp³-hybridized carbons (Fsp3) is 0.211. The van der Waals surface area contributed by atoms with Crippen molar-refractivity contribution in [3.8, 4) is 0 Å². The van der Waals surface area contributed by atoms with Crippen molar-refractivity contribution >= 4 is 33.3 Å². The summed E-state index contributed by atoms with van der Waals surface area (Å²) >= 11 is 3.15. The standard InChI is InChI=1S/C19H19BrN4O5/c1-28-10-9-23(18(26)13-7-8-14(20)29-13)15-16(21)24(19(27)22-17(15)25)11-12-5-3-2-4-6-12/h2-8H,9-11,21H2,1H3,(H,22,25,27). The zero-order chi connectivity index (χ0) is 21.0. The van der Waals surface area contributed by atoms with Gasteiger partial charge in [0.15, 0.2) is 16.1 Å². The topological polar surface area (TPSA) is 124 Å². The molecule has 0 aliphatic carbocycles. The smallest absolute Gasteiger partial charge is 0.330 e. The quantitative estimate of drug-likeness (QED) is 0.551. The number of aromatic amines is 1. The molecule has 0 aliphatic rings. The van der Waals surface area contributed by atoms with E-state index in [2.05, 4.69) is 20.9 Å². The number of halogens is 1. The maximum absolute atomic E-state index is 13.0. The summed E-state index contributed by atoms with van der Waals surface area (Å²) in [6.45, 7) is 0.308. The van der Waals surface area contributed by atoms with Gasteiger partial charge in [-0.05, 0) is 33.6 Å². The van der Waals surface area contributed by atoms with Gasteiger partial charge >= 0.3 is 5.69 Å². The molecular weight excluding hydrogens is 444 g/mol. The molecule has 0 aliphatic heterocycles. The molecule has 0 saturated carbocycles. The number of nitrogens with zero attached hydrogens (tertiary/aromatic N) is 2. The van der Waals surface area contributed by atoms with Gasteiger partial charge in [-0.15, -0.1) is 0 Å². The second-order valence-electron chi connectivity index (χ2n) is 6.12. The Labute approximate surface area is 173 Å². The highest BCUT2D eigenvalue weighted by atomic mass is 79.9. The Morgan fingerprint density at radius 2 is 1.97 bits per heavy atom. The Hall–Kier alpha value is -3.11. The van der Waals surface area contributed by atoms with E-state index in [1.807, 2.05) is 30.3 Å². The summed E-state index contributed by atoms with van der Waals surface area (Å²) in [7, 11) is 1.47. The highest BCUT2D eigenvalue weighted by Crippen LogP contribution is 2.22. The number of hydrogen-bond donors (Lipinski definition) is 2. The summed E-state index contributed by atoms with van der Waals surface area (Å²) in [4.78, 5) is 41.3. The lowest BCUT2D eigenvalue weighted by atomic mass is 10.2. The van der Waals surface area contributed by atoms with E-state index in [4.69, 9.17) is 14.9 Å². The minimum atomic E-state index is -0.771. The summed E-state index contributed by atoms with van der Waals surface area (Å²) in [5.74, 6) is -0.708. The molecule has 3 rings (SSSR count). The highest BCUT2D eigenvalue weighted by Gasteiger charge is 2.27. The first-order chi connectivity index (χ1) is 13.9. The largest absolute Gasteiger partial charge is 0.444 e. The summed E-state index contributed by atoms with van der Waals surface area (Å²) in [5, 5.41) is 0. The molecule has 152 valence electrons. The van der Waals surface area contributed by atoms with Crippen LogP contribution in [0, 0.1) is 0 Å². The first-order valence-electron chi connectivity index (χ1n) is 8.65. The normalized spacial score (nSPS) is 10.8. The average Bonchev–Trinajstić information content (AvgIpc) is 3.14. The lowest BCUT2D eigenvalue weighted by Gasteiger charge is -2.23. The predicted molar refractivity (Wildman–Crippen MR) is 111 cm³/mol. The van der Waals surface area contributed by atoms with Crippen molar-refractivity contribution < 1.29 is 13.9 Å². The van der Waals surface area contributed by atoms with Gasteiger partial charge in [0.05, 0.1) is 19.7 Å². The lowest BCUT2D eigenvalue weighted by molar-refractivity contribution is 0.0947. The van der Waals surface area contributed by atoms with E-state index in [-0.39, 0.29) is 37.0 Å². The third kappa shape index (κ3) is 4.49. The van der Waals surface area contributed by atoms with E-state index in [1.54, 1.807) is 6.07 Å². The van der Waals surface area contributed by atoms with Gasteiger partial charge in [-0.2, -0.15) is 0 Å². The third-order valence-corrected chi connectivity index (χ3v) is 4.64. The number of hydrogen-bond acceptors (Lipinski definition) is 6. The van der Waals surface area contributed by atoms with Crippen LogP contribution in [-0.2, 0) is 11.3 Å². The molecule has 10 heteroatoms. The molecule has 0 radical (unpaired) electrons. The monoisotopic (exact) mass is 462 g/mol. The fourth-order valence-electron chi connectivity index (χ4n) is 2.82. The van der Waals surface area contributed by atoms with Gasteiger partial charge in [-0.25, -0.2) is 4.79 Å². The molecule has 0 spiro atoms. The molecule has 3 N–H and O–H groups in total. The predicted octanol–water partition coefficient (Wildman–Crippen LogP) is 1.82. The van der Waals surface area contributed by atoms with Crippen molar-refractivity contribution in [3.63, 3.8) is 0 Å². The van der Waals surface area contributed by atoms with E-state index in [0.29, 0.717) is 4.67 Å². The number of nitrogen functional groups attached to an aromatic ring is 1. The number of methoxy groups -OCH3 is 1. The molecule has 9 nitrogen and oxygen atoms in total. The molecule has 1 amide bonds. The van der Waals surface area contributed by atoms with Crippen LogP contribution < -0.4 is 21.9 Å². The van der Waals surface area contributed by atoms with Gasteiger partial charge in [0.2, 0.25) is 0 Å². The zero-order valence-corrected chi connectivity index (χ0v) is 17.1. The van der Waals surface area contributed by atoms with Crippen LogP contribution in [0.2, 0.25) is 0 Å². The Kier molecular flexibility index (Phi) is 6.35. The lowest BCUT2D eigenvalue weighted by Crippen LogP contribution is -2.42. The average molecular weight is 463 g/mol. The highest BCUT2D eigenvalue weighted by molar-refractivity contribution is 9.10. The molecule has 1 aromatic carbocycles. The number of carbonyl (C=O) groups excluding carboxylic acids is 1. The molecule has 0 saturated heterocycles. The van der Waals surface area contributed by atoms with Gasteiger partial charge in [0.25, 0.3) is 11.5 Å². The van der Waals surface area contributed by atoms with Crippen LogP contribution in [0.5, 0.6) is 0 Å². The maximum Gasteiger partial charge on any atom is 0.330 e. The van der Waals surface area contributed by atoms with Crippen molar-refractivity contribution in [2.45, 2.75) is 6.54 Å². The Morgan fingerprint density at radius 1 is 1.24 bits per heavy atom. The summed E-state index contributed by atoms with van der Waals surface area (Å²) in [6.07, 6.45) is 0. The number of H-pyrrole nitrogens is 1. The summed E-state index contributed by atoms with van der Waals surface area (Å²) in [6, 6.07) is 12.2. The van der Waals surface area contributed by atoms with Gasteiger partial charge in [-0.1, -0.05) is 30.3 Å². The minimum Gasteiger partial charge on any atom is -0.444 e. The Balaban J connectivity index is 2.09. The number of carbonyl (C=O) groups is 1. The van der Waals surface area contributed by atoms with Crippen LogP contribution >= 0.6 is 15.9 Å².